The molecular weight excluding hydrogens is 340 g/mol. The number of fused-ring (bicyclic) bond motifs is 1. The summed E-state index contributed by atoms with van der Waals surface area (Å²) in [6.45, 7) is 6.65. The van der Waals surface area contributed by atoms with Gasteiger partial charge in [0, 0.05) is 37.5 Å². The molecule has 2 N–H and O–H groups in total. The number of morpholine rings is 1. The van der Waals surface area contributed by atoms with E-state index in [1.165, 1.54) is 0 Å². The fourth-order valence-electron chi connectivity index (χ4n) is 4.23. The minimum absolute atomic E-state index is 0.0747. The van der Waals surface area contributed by atoms with Crippen LogP contribution in [-0.4, -0.2) is 66.1 Å². The molecule has 1 aromatic heterocycles. The zero-order chi connectivity index (χ0) is 18.8. The Kier molecular flexibility index (Phi) is 5.27. The zero-order valence-electron chi connectivity index (χ0n) is 15.9. The highest BCUT2D eigenvalue weighted by molar-refractivity contribution is 5.83. The molecular formula is C21H28N4O2. The van der Waals surface area contributed by atoms with E-state index in [0.29, 0.717) is 19.1 Å². The Balaban J connectivity index is 1.41. The van der Waals surface area contributed by atoms with E-state index < -0.39 is 0 Å². The number of carbonyl (C=O) groups is 1. The SMILES string of the molecule is C[C@@H](C(=O)N1CCC(c2nc3ccccc3cc2N)CC1)N1CCOCC1. The van der Waals surface area contributed by atoms with Crippen LogP contribution in [0.3, 0.4) is 0 Å². The van der Waals surface area contributed by atoms with E-state index in [0.717, 1.165) is 61.3 Å². The maximum absolute atomic E-state index is 12.9. The molecule has 144 valence electrons. The second-order valence-electron chi connectivity index (χ2n) is 7.58. The Bertz CT molecular complexity index is 811. The molecule has 1 atom stereocenters. The molecule has 0 unspecified atom stereocenters. The number of para-hydroxylation sites is 1. The van der Waals surface area contributed by atoms with Gasteiger partial charge in [0.05, 0.1) is 36.2 Å². The summed E-state index contributed by atoms with van der Waals surface area (Å²) >= 11 is 0. The number of likely N-dealkylation sites (tertiary alicyclic amines) is 1. The summed E-state index contributed by atoms with van der Waals surface area (Å²) in [5.41, 5.74) is 9.04. The minimum atomic E-state index is -0.0747. The van der Waals surface area contributed by atoms with Crippen LogP contribution in [0.25, 0.3) is 10.9 Å². The van der Waals surface area contributed by atoms with Crippen LogP contribution in [0.5, 0.6) is 0 Å². The van der Waals surface area contributed by atoms with Crippen molar-refractivity contribution in [2.75, 3.05) is 45.1 Å². The zero-order valence-corrected chi connectivity index (χ0v) is 15.9. The summed E-state index contributed by atoms with van der Waals surface area (Å²) < 4.78 is 5.39. The van der Waals surface area contributed by atoms with Crippen molar-refractivity contribution in [1.82, 2.24) is 14.8 Å². The number of nitrogen functional groups attached to an aromatic ring is 1. The van der Waals surface area contributed by atoms with E-state index in [4.69, 9.17) is 15.5 Å². The van der Waals surface area contributed by atoms with E-state index in [-0.39, 0.29) is 11.9 Å². The lowest BCUT2D eigenvalue weighted by atomic mass is 9.91. The Morgan fingerprint density at radius 2 is 1.89 bits per heavy atom. The molecule has 0 bridgehead atoms. The third-order valence-corrected chi connectivity index (χ3v) is 5.93. The number of piperidine rings is 1. The number of amides is 1. The predicted molar refractivity (Wildman–Crippen MR) is 107 cm³/mol. The molecule has 2 aromatic rings. The first kappa shape index (κ1) is 18.2. The number of nitrogens with two attached hydrogens (primary N) is 1. The summed E-state index contributed by atoms with van der Waals surface area (Å²) in [6, 6.07) is 10.0. The van der Waals surface area contributed by atoms with Gasteiger partial charge in [-0.2, -0.15) is 0 Å². The number of ether oxygens (including phenoxy) is 1. The normalized spacial score (nSPS) is 20.7. The van der Waals surface area contributed by atoms with E-state index in [9.17, 15) is 4.79 Å². The molecule has 1 aromatic carbocycles. The van der Waals surface area contributed by atoms with Gasteiger partial charge in [-0.1, -0.05) is 18.2 Å². The monoisotopic (exact) mass is 368 g/mol. The number of nitrogens with zero attached hydrogens (tertiary/aromatic N) is 3. The van der Waals surface area contributed by atoms with Crippen LogP contribution >= 0.6 is 0 Å². The molecule has 4 rings (SSSR count). The Morgan fingerprint density at radius 1 is 1.19 bits per heavy atom. The minimum Gasteiger partial charge on any atom is -0.397 e. The Morgan fingerprint density at radius 3 is 2.63 bits per heavy atom. The third-order valence-electron chi connectivity index (χ3n) is 5.93. The average molecular weight is 368 g/mol. The van der Waals surface area contributed by atoms with Crippen molar-refractivity contribution in [2.24, 2.45) is 0 Å². The van der Waals surface area contributed by atoms with Crippen LogP contribution in [0.2, 0.25) is 0 Å². The second kappa shape index (κ2) is 7.82. The summed E-state index contributed by atoms with van der Waals surface area (Å²) in [5, 5.41) is 1.07. The highest BCUT2D eigenvalue weighted by Gasteiger charge is 2.31. The molecule has 6 nitrogen and oxygen atoms in total. The van der Waals surface area contributed by atoms with Crippen molar-refractivity contribution >= 4 is 22.5 Å². The summed E-state index contributed by atoms with van der Waals surface area (Å²) in [4.78, 5) is 21.9. The van der Waals surface area contributed by atoms with Crippen molar-refractivity contribution in [2.45, 2.75) is 31.7 Å². The molecule has 6 heteroatoms. The van der Waals surface area contributed by atoms with Crippen molar-refractivity contribution in [3.8, 4) is 0 Å². The van der Waals surface area contributed by atoms with Crippen LogP contribution in [-0.2, 0) is 9.53 Å². The first-order chi connectivity index (χ1) is 13.1. The number of hydrogen-bond acceptors (Lipinski definition) is 5. The lowest BCUT2D eigenvalue weighted by Gasteiger charge is -2.37. The van der Waals surface area contributed by atoms with E-state index in [1.807, 2.05) is 42.2 Å². The largest absolute Gasteiger partial charge is 0.397 e. The highest BCUT2D eigenvalue weighted by Crippen LogP contribution is 2.32. The van der Waals surface area contributed by atoms with Crippen LogP contribution in [0, 0.1) is 0 Å². The molecule has 2 aliphatic rings. The Hall–Kier alpha value is -2.18. The van der Waals surface area contributed by atoms with Gasteiger partial charge in [0.2, 0.25) is 5.91 Å². The van der Waals surface area contributed by atoms with Crippen molar-refractivity contribution in [3.05, 3.63) is 36.0 Å². The molecule has 1 amide bonds. The molecule has 2 saturated heterocycles. The quantitative estimate of drug-likeness (QED) is 0.900. The van der Waals surface area contributed by atoms with Gasteiger partial charge in [0.1, 0.15) is 0 Å². The van der Waals surface area contributed by atoms with Gasteiger partial charge in [-0.15, -0.1) is 0 Å². The van der Waals surface area contributed by atoms with Crippen LogP contribution in [0.15, 0.2) is 30.3 Å². The first-order valence-corrected chi connectivity index (χ1v) is 9.89. The van der Waals surface area contributed by atoms with E-state index >= 15 is 0 Å². The van der Waals surface area contributed by atoms with Crippen LogP contribution < -0.4 is 5.73 Å². The fourth-order valence-corrected chi connectivity index (χ4v) is 4.23. The van der Waals surface area contributed by atoms with Gasteiger partial charge in [-0.05, 0) is 31.9 Å². The number of aromatic nitrogens is 1. The summed E-state index contributed by atoms with van der Waals surface area (Å²) in [6.07, 6.45) is 1.83. The molecule has 2 aliphatic heterocycles. The number of rotatable bonds is 3. The lowest BCUT2D eigenvalue weighted by Crippen LogP contribution is -2.52. The van der Waals surface area contributed by atoms with Crippen molar-refractivity contribution in [3.63, 3.8) is 0 Å². The smallest absolute Gasteiger partial charge is 0.239 e. The molecule has 0 radical (unpaired) electrons. The van der Waals surface area contributed by atoms with E-state index in [2.05, 4.69) is 4.90 Å². The summed E-state index contributed by atoms with van der Waals surface area (Å²) in [7, 11) is 0. The molecule has 0 saturated carbocycles. The molecule has 0 spiro atoms. The summed E-state index contributed by atoms with van der Waals surface area (Å²) in [5.74, 6) is 0.548. The molecule has 2 fully saturated rings. The first-order valence-electron chi connectivity index (χ1n) is 9.89. The van der Waals surface area contributed by atoms with Crippen molar-refractivity contribution < 1.29 is 9.53 Å². The number of hydrogen-bond donors (Lipinski definition) is 1. The van der Waals surface area contributed by atoms with Gasteiger partial charge < -0.3 is 15.4 Å². The lowest BCUT2D eigenvalue weighted by molar-refractivity contribution is -0.139. The number of pyridine rings is 1. The number of benzene rings is 1. The van der Waals surface area contributed by atoms with E-state index in [1.54, 1.807) is 0 Å². The average Bonchev–Trinajstić information content (AvgIpc) is 2.73. The van der Waals surface area contributed by atoms with Gasteiger partial charge in [-0.25, -0.2) is 0 Å². The van der Waals surface area contributed by atoms with Crippen LogP contribution in [0.1, 0.15) is 31.4 Å². The van der Waals surface area contributed by atoms with Gasteiger partial charge in [0.25, 0.3) is 0 Å². The number of carbonyl (C=O) groups excluding carboxylic acids is 1. The van der Waals surface area contributed by atoms with Gasteiger partial charge in [-0.3, -0.25) is 14.7 Å². The van der Waals surface area contributed by atoms with Crippen LogP contribution in [0.4, 0.5) is 5.69 Å². The predicted octanol–water partition coefficient (Wildman–Crippen LogP) is 2.24. The topological polar surface area (TPSA) is 71.7 Å². The van der Waals surface area contributed by atoms with Crippen molar-refractivity contribution in [1.29, 1.82) is 0 Å². The number of anilines is 1. The standard InChI is InChI=1S/C21H28N4O2/c1-15(24-10-12-27-13-11-24)21(26)25-8-6-16(7-9-25)20-18(22)14-17-4-2-3-5-19(17)23-20/h2-5,14-16H,6-13,22H2,1H3/t15-/m0/s1. The Labute approximate surface area is 160 Å². The molecule has 27 heavy (non-hydrogen) atoms. The maximum Gasteiger partial charge on any atom is 0.239 e. The molecule has 3 heterocycles. The maximum atomic E-state index is 12.9. The second-order valence-corrected chi connectivity index (χ2v) is 7.58. The van der Waals surface area contributed by atoms with Gasteiger partial charge in [0.15, 0.2) is 0 Å². The third kappa shape index (κ3) is 3.77. The molecule has 0 aliphatic carbocycles. The highest BCUT2D eigenvalue weighted by atomic mass is 16.5. The fraction of sp³-hybridized carbons (Fsp3) is 0.524. The van der Waals surface area contributed by atoms with Gasteiger partial charge >= 0.3 is 0 Å².